The van der Waals surface area contributed by atoms with Crippen LogP contribution in [0.3, 0.4) is 0 Å². The number of H-pyrrole nitrogens is 1. The van der Waals surface area contributed by atoms with Gasteiger partial charge in [-0.25, -0.2) is 4.79 Å². The molecule has 0 saturated carbocycles. The number of aromatic amines is 1. The summed E-state index contributed by atoms with van der Waals surface area (Å²) < 4.78 is 10.8. The molecule has 5 heteroatoms. The van der Waals surface area contributed by atoms with Crippen molar-refractivity contribution in [2.45, 2.75) is 20.0 Å². The number of fused-ring (bicyclic) bond motifs is 1. The van der Waals surface area contributed by atoms with Crippen LogP contribution in [-0.4, -0.2) is 17.1 Å². The quantitative estimate of drug-likeness (QED) is 0.740. The molecule has 0 amide bonds. The van der Waals surface area contributed by atoms with E-state index in [1.165, 1.54) is 6.20 Å². The van der Waals surface area contributed by atoms with Crippen molar-refractivity contribution in [3.8, 4) is 11.5 Å². The zero-order valence-corrected chi connectivity index (χ0v) is 13.4. The Morgan fingerprint density at radius 2 is 1.79 bits per heavy atom. The summed E-state index contributed by atoms with van der Waals surface area (Å²) in [6, 6.07) is 14.4. The van der Waals surface area contributed by atoms with Crippen molar-refractivity contribution in [3.63, 3.8) is 0 Å². The first-order chi connectivity index (χ1) is 11.5. The standard InChI is InChI=1S/C19H17NO4/c1-12(2)23-19(22)16-11-20-17-10-14(8-9-15(17)18(16)21)24-13-6-4-3-5-7-13/h3-12H,1-2H3,(H,20,21). The summed E-state index contributed by atoms with van der Waals surface area (Å²) in [5, 5.41) is 0.411. The van der Waals surface area contributed by atoms with Crippen LogP contribution in [0, 0.1) is 0 Å². The molecule has 0 bridgehead atoms. The maximum Gasteiger partial charge on any atom is 0.343 e. The van der Waals surface area contributed by atoms with Crippen LogP contribution in [0.15, 0.2) is 59.5 Å². The van der Waals surface area contributed by atoms with Gasteiger partial charge in [0.2, 0.25) is 5.43 Å². The van der Waals surface area contributed by atoms with E-state index in [-0.39, 0.29) is 17.1 Å². The van der Waals surface area contributed by atoms with Crippen LogP contribution < -0.4 is 10.2 Å². The summed E-state index contributed by atoms with van der Waals surface area (Å²) in [6.45, 7) is 3.47. The SMILES string of the molecule is CC(C)OC(=O)c1c[nH]c2cc(Oc3ccccc3)ccc2c1=O. The number of benzene rings is 2. The molecule has 0 radical (unpaired) electrons. The molecule has 5 nitrogen and oxygen atoms in total. The number of para-hydroxylation sites is 1. The van der Waals surface area contributed by atoms with E-state index in [0.717, 1.165) is 0 Å². The molecule has 24 heavy (non-hydrogen) atoms. The van der Waals surface area contributed by atoms with Crippen molar-refractivity contribution in [2.24, 2.45) is 0 Å². The lowest BCUT2D eigenvalue weighted by atomic mass is 10.1. The van der Waals surface area contributed by atoms with Crippen molar-refractivity contribution in [1.29, 1.82) is 0 Å². The van der Waals surface area contributed by atoms with E-state index < -0.39 is 5.97 Å². The van der Waals surface area contributed by atoms with E-state index in [1.807, 2.05) is 30.3 Å². The van der Waals surface area contributed by atoms with Gasteiger partial charge in [0, 0.05) is 17.6 Å². The Morgan fingerprint density at radius 1 is 1.04 bits per heavy atom. The van der Waals surface area contributed by atoms with Gasteiger partial charge in [-0.1, -0.05) is 18.2 Å². The lowest BCUT2D eigenvalue weighted by molar-refractivity contribution is 0.0376. The van der Waals surface area contributed by atoms with Crippen molar-refractivity contribution in [3.05, 3.63) is 70.5 Å². The van der Waals surface area contributed by atoms with Crippen LogP contribution >= 0.6 is 0 Å². The lowest BCUT2D eigenvalue weighted by Crippen LogP contribution is -2.20. The largest absolute Gasteiger partial charge is 0.459 e. The first-order valence-electron chi connectivity index (χ1n) is 7.64. The molecule has 1 heterocycles. The van der Waals surface area contributed by atoms with Crippen LogP contribution in [0.2, 0.25) is 0 Å². The Morgan fingerprint density at radius 3 is 2.50 bits per heavy atom. The summed E-state index contributed by atoms with van der Waals surface area (Å²) in [4.78, 5) is 27.4. The number of carbonyl (C=O) groups is 1. The number of hydrogen-bond donors (Lipinski definition) is 1. The molecular formula is C19H17NO4. The minimum atomic E-state index is -0.627. The topological polar surface area (TPSA) is 68.4 Å². The zero-order chi connectivity index (χ0) is 17.1. The number of rotatable bonds is 4. The maximum absolute atomic E-state index is 12.5. The molecule has 1 aromatic heterocycles. The van der Waals surface area contributed by atoms with Gasteiger partial charge < -0.3 is 14.5 Å². The number of esters is 1. The average molecular weight is 323 g/mol. The Hall–Kier alpha value is -3.08. The van der Waals surface area contributed by atoms with E-state index in [4.69, 9.17) is 9.47 Å². The molecule has 0 fully saturated rings. The molecule has 0 aliphatic carbocycles. The fourth-order valence-corrected chi connectivity index (χ4v) is 2.32. The number of hydrogen-bond acceptors (Lipinski definition) is 4. The normalized spacial score (nSPS) is 10.8. The number of nitrogens with one attached hydrogen (secondary N) is 1. The summed E-state index contributed by atoms with van der Waals surface area (Å²) in [5.74, 6) is 0.677. The van der Waals surface area contributed by atoms with Gasteiger partial charge in [0.15, 0.2) is 0 Å². The summed E-state index contributed by atoms with van der Waals surface area (Å²) in [7, 11) is 0. The van der Waals surface area contributed by atoms with E-state index >= 15 is 0 Å². The second kappa shape index (κ2) is 6.58. The molecule has 3 aromatic rings. The Kier molecular flexibility index (Phi) is 4.33. The molecule has 0 unspecified atom stereocenters. The van der Waals surface area contributed by atoms with Crippen LogP contribution in [0.1, 0.15) is 24.2 Å². The third-order valence-electron chi connectivity index (χ3n) is 3.39. The van der Waals surface area contributed by atoms with Crippen molar-refractivity contribution < 1.29 is 14.3 Å². The number of ether oxygens (including phenoxy) is 2. The lowest BCUT2D eigenvalue weighted by Gasteiger charge is -2.09. The number of pyridine rings is 1. The highest BCUT2D eigenvalue weighted by molar-refractivity contribution is 5.93. The summed E-state index contributed by atoms with van der Waals surface area (Å²) in [5.41, 5.74) is 0.225. The van der Waals surface area contributed by atoms with E-state index in [2.05, 4.69) is 4.98 Å². The van der Waals surface area contributed by atoms with Crippen LogP contribution in [-0.2, 0) is 4.74 Å². The second-order valence-corrected chi connectivity index (χ2v) is 5.61. The molecule has 0 atom stereocenters. The molecule has 0 saturated heterocycles. The fraction of sp³-hybridized carbons (Fsp3) is 0.158. The highest BCUT2D eigenvalue weighted by Gasteiger charge is 2.15. The van der Waals surface area contributed by atoms with E-state index in [1.54, 1.807) is 32.0 Å². The first-order valence-corrected chi connectivity index (χ1v) is 7.64. The fourth-order valence-electron chi connectivity index (χ4n) is 2.32. The predicted octanol–water partition coefficient (Wildman–Crippen LogP) is 3.89. The molecule has 0 aliphatic heterocycles. The average Bonchev–Trinajstić information content (AvgIpc) is 2.55. The van der Waals surface area contributed by atoms with Gasteiger partial charge in [-0.3, -0.25) is 4.79 Å². The predicted molar refractivity (Wildman–Crippen MR) is 91.6 cm³/mol. The molecule has 122 valence electrons. The third kappa shape index (κ3) is 3.30. The molecule has 0 spiro atoms. The molecular weight excluding hydrogens is 306 g/mol. The Balaban J connectivity index is 1.95. The molecule has 1 N–H and O–H groups in total. The van der Waals surface area contributed by atoms with E-state index in [9.17, 15) is 9.59 Å². The highest BCUT2D eigenvalue weighted by atomic mass is 16.5. The number of aromatic nitrogens is 1. The third-order valence-corrected chi connectivity index (χ3v) is 3.39. The van der Waals surface area contributed by atoms with Crippen LogP contribution in [0.25, 0.3) is 10.9 Å². The second-order valence-electron chi connectivity index (χ2n) is 5.61. The minimum Gasteiger partial charge on any atom is -0.459 e. The van der Waals surface area contributed by atoms with Crippen LogP contribution in [0.4, 0.5) is 0 Å². The van der Waals surface area contributed by atoms with E-state index in [0.29, 0.717) is 22.4 Å². The van der Waals surface area contributed by atoms with Gasteiger partial charge in [-0.2, -0.15) is 0 Å². The zero-order valence-electron chi connectivity index (χ0n) is 13.4. The molecule has 2 aromatic carbocycles. The van der Waals surface area contributed by atoms with Gasteiger partial charge in [0.1, 0.15) is 17.1 Å². The maximum atomic E-state index is 12.5. The summed E-state index contributed by atoms with van der Waals surface area (Å²) in [6.07, 6.45) is 1.09. The summed E-state index contributed by atoms with van der Waals surface area (Å²) >= 11 is 0. The van der Waals surface area contributed by atoms with Gasteiger partial charge in [-0.05, 0) is 38.1 Å². The highest BCUT2D eigenvalue weighted by Crippen LogP contribution is 2.23. The van der Waals surface area contributed by atoms with Gasteiger partial charge in [0.25, 0.3) is 0 Å². The molecule has 3 rings (SSSR count). The van der Waals surface area contributed by atoms with Crippen molar-refractivity contribution >= 4 is 16.9 Å². The minimum absolute atomic E-state index is 0.00655. The Bertz CT molecular complexity index is 929. The van der Waals surface area contributed by atoms with Gasteiger partial charge in [-0.15, -0.1) is 0 Å². The van der Waals surface area contributed by atoms with Crippen molar-refractivity contribution in [1.82, 2.24) is 4.98 Å². The first kappa shape index (κ1) is 15.8. The van der Waals surface area contributed by atoms with Gasteiger partial charge >= 0.3 is 5.97 Å². The smallest absolute Gasteiger partial charge is 0.343 e. The number of carbonyl (C=O) groups excluding carboxylic acids is 1. The monoisotopic (exact) mass is 323 g/mol. The van der Waals surface area contributed by atoms with Crippen molar-refractivity contribution in [2.75, 3.05) is 0 Å². The van der Waals surface area contributed by atoms with Crippen LogP contribution in [0.5, 0.6) is 11.5 Å². The molecule has 0 aliphatic rings. The van der Waals surface area contributed by atoms with Gasteiger partial charge in [0.05, 0.1) is 11.6 Å². The Labute approximate surface area is 138 Å².